The van der Waals surface area contributed by atoms with Crippen molar-refractivity contribution in [2.24, 2.45) is 0 Å². The molecule has 8 heteroatoms. The molecule has 0 saturated heterocycles. The average molecular weight is 506 g/mol. The van der Waals surface area contributed by atoms with Gasteiger partial charge in [-0.05, 0) is 37.3 Å². The van der Waals surface area contributed by atoms with Gasteiger partial charge in [-0.25, -0.2) is 9.36 Å². The minimum Gasteiger partial charge on any atom is -0.456 e. The summed E-state index contributed by atoms with van der Waals surface area (Å²) in [5.41, 5.74) is 2.39. The van der Waals surface area contributed by atoms with Crippen LogP contribution in [-0.2, 0) is 4.74 Å². The van der Waals surface area contributed by atoms with Gasteiger partial charge in [0.05, 0.1) is 22.2 Å². The van der Waals surface area contributed by atoms with Crippen LogP contribution in [0.15, 0.2) is 92.8 Å². The first kappa shape index (κ1) is 21.8. The van der Waals surface area contributed by atoms with Crippen LogP contribution in [0, 0.1) is 6.92 Å². The van der Waals surface area contributed by atoms with Crippen molar-refractivity contribution in [3.05, 3.63) is 126 Å². The standard InChI is InChI=1S/C27H17Cl2NO5/c1-14-6-9-16(10-7-14)33-22-13-19-23-25(18-5-3-2-4-17(18)24(19)34-22)35-27(32)30(26(23)31)21-12-15(28)8-11-20(21)29/h2-13,19,24H,1H3. The Kier molecular flexibility index (Phi) is 5.09. The number of benzene rings is 3. The molecule has 2 heterocycles. The number of nitrogens with zero attached hydrogens (tertiary/aromatic N) is 1. The van der Waals surface area contributed by atoms with Gasteiger partial charge >= 0.3 is 5.76 Å². The van der Waals surface area contributed by atoms with Crippen LogP contribution in [0.2, 0.25) is 10.0 Å². The molecule has 0 N–H and O–H groups in total. The Labute approximate surface area is 209 Å². The largest absolute Gasteiger partial charge is 0.456 e. The molecular weight excluding hydrogens is 489 g/mol. The van der Waals surface area contributed by atoms with E-state index >= 15 is 0 Å². The summed E-state index contributed by atoms with van der Waals surface area (Å²) in [5, 5.41) is 0.521. The number of ether oxygens (including phenoxy) is 2. The van der Waals surface area contributed by atoms with Gasteiger partial charge in [-0.3, -0.25) is 4.79 Å². The normalized spacial score (nSPS) is 17.6. The third-order valence-corrected chi connectivity index (χ3v) is 6.72. The number of hydrogen-bond donors (Lipinski definition) is 0. The molecule has 0 bridgehead atoms. The molecule has 35 heavy (non-hydrogen) atoms. The van der Waals surface area contributed by atoms with E-state index in [4.69, 9.17) is 37.1 Å². The Bertz CT molecular complexity index is 1640. The second-order valence-corrected chi connectivity index (χ2v) is 9.24. The maximum Gasteiger partial charge on any atom is 0.427 e. The van der Waals surface area contributed by atoms with E-state index in [9.17, 15) is 9.59 Å². The SMILES string of the molecule is Cc1ccc(OC2=CC3c4c(oc(=O)n(-c5cc(Cl)ccc5Cl)c4=O)-c4ccccc4C3O2)cc1. The van der Waals surface area contributed by atoms with Crippen LogP contribution in [0.5, 0.6) is 5.75 Å². The molecule has 1 aliphatic heterocycles. The quantitative estimate of drug-likeness (QED) is 0.333. The van der Waals surface area contributed by atoms with Crippen LogP contribution < -0.4 is 16.1 Å². The summed E-state index contributed by atoms with van der Waals surface area (Å²) in [4.78, 5) is 26.9. The zero-order valence-electron chi connectivity index (χ0n) is 18.3. The number of aryl methyl sites for hydroxylation is 1. The van der Waals surface area contributed by atoms with Crippen LogP contribution in [0.25, 0.3) is 17.0 Å². The van der Waals surface area contributed by atoms with Crippen molar-refractivity contribution in [1.82, 2.24) is 4.57 Å². The molecule has 2 unspecified atom stereocenters. The minimum absolute atomic E-state index is 0.148. The zero-order chi connectivity index (χ0) is 24.3. The van der Waals surface area contributed by atoms with Crippen LogP contribution in [-0.4, -0.2) is 4.57 Å². The van der Waals surface area contributed by atoms with E-state index in [1.807, 2.05) is 49.4 Å². The number of fused-ring (bicyclic) bond motifs is 6. The molecule has 6 rings (SSSR count). The molecule has 1 aromatic heterocycles. The van der Waals surface area contributed by atoms with Gasteiger partial charge in [-0.1, -0.05) is 65.2 Å². The summed E-state index contributed by atoms with van der Waals surface area (Å²) in [5.74, 6) is -0.310. The Hall–Kier alpha value is -3.74. The highest BCUT2D eigenvalue weighted by molar-refractivity contribution is 6.34. The third kappa shape index (κ3) is 3.57. The average Bonchev–Trinajstić information content (AvgIpc) is 3.26. The number of halogens is 2. The first-order chi connectivity index (χ1) is 16.9. The minimum atomic E-state index is -0.856. The predicted octanol–water partition coefficient (Wildman–Crippen LogP) is 6.16. The molecule has 0 saturated carbocycles. The van der Waals surface area contributed by atoms with E-state index in [1.165, 1.54) is 12.1 Å². The van der Waals surface area contributed by atoms with Crippen LogP contribution in [0.3, 0.4) is 0 Å². The fourth-order valence-electron chi connectivity index (χ4n) is 4.54. The molecule has 0 radical (unpaired) electrons. The highest BCUT2D eigenvalue weighted by Gasteiger charge is 2.43. The van der Waals surface area contributed by atoms with E-state index in [2.05, 4.69) is 0 Å². The molecule has 174 valence electrons. The first-order valence-electron chi connectivity index (χ1n) is 10.9. The molecule has 2 atom stereocenters. The molecule has 1 aliphatic carbocycles. The van der Waals surface area contributed by atoms with Crippen molar-refractivity contribution < 1.29 is 13.9 Å². The van der Waals surface area contributed by atoms with Crippen LogP contribution in [0.4, 0.5) is 0 Å². The van der Waals surface area contributed by atoms with Gasteiger partial charge in [0, 0.05) is 22.2 Å². The molecule has 0 fully saturated rings. The van der Waals surface area contributed by atoms with E-state index in [-0.39, 0.29) is 28.0 Å². The van der Waals surface area contributed by atoms with Gasteiger partial charge in [-0.15, -0.1) is 0 Å². The van der Waals surface area contributed by atoms with Crippen molar-refractivity contribution in [3.63, 3.8) is 0 Å². The molecule has 0 amide bonds. The monoisotopic (exact) mass is 505 g/mol. The van der Waals surface area contributed by atoms with Crippen LogP contribution >= 0.6 is 23.2 Å². The molecule has 0 spiro atoms. The number of aromatic nitrogens is 1. The summed E-state index contributed by atoms with van der Waals surface area (Å²) in [6, 6.07) is 19.5. The predicted molar refractivity (Wildman–Crippen MR) is 132 cm³/mol. The van der Waals surface area contributed by atoms with E-state index in [1.54, 1.807) is 18.2 Å². The zero-order valence-corrected chi connectivity index (χ0v) is 19.8. The third-order valence-electron chi connectivity index (χ3n) is 6.17. The lowest BCUT2D eigenvalue weighted by atomic mass is 9.81. The molecular formula is C27H17Cl2NO5. The second-order valence-electron chi connectivity index (χ2n) is 8.40. The maximum absolute atomic E-state index is 13.8. The molecule has 6 nitrogen and oxygen atoms in total. The van der Waals surface area contributed by atoms with Crippen LogP contribution in [0.1, 0.15) is 28.7 Å². The summed E-state index contributed by atoms with van der Waals surface area (Å²) >= 11 is 12.4. The van der Waals surface area contributed by atoms with Gasteiger partial charge in [-0.2, -0.15) is 0 Å². The van der Waals surface area contributed by atoms with Crippen molar-refractivity contribution >= 4 is 23.2 Å². The van der Waals surface area contributed by atoms with Gasteiger partial charge < -0.3 is 13.9 Å². The Morgan fingerprint density at radius 3 is 2.54 bits per heavy atom. The number of rotatable bonds is 3. The van der Waals surface area contributed by atoms with E-state index in [0.29, 0.717) is 16.3 Å². The molecule has 4 aromatic rings. The van der Waals surface area contributed by atoms with E-state index in [0.717, 1.165) is 15.7 Å². The lowest BCUT2D eigenvalue weighted by Gasteiger charge is -2.28. The fraction of sp³-hybridized carbons (Fsp3) is 0.111. The summed E-state index contributed by atoms with van der Waals surface area (Å²) in [7, 11) is 0. The Balaban J connectivity index is 1.55. The molecule has 3 aromatic carbocycles. The van der Waals surface area contributed by atoms with Crippen molar-refractivity contribution in [1.29, 1.82) is 0 Å². The van der Waals surface area contributed by atoms with Gasteiger partial charge in [0.1, 0.15) is 17.6 Å². The molecule has 2 aliphatic rings. The lowest BCUT2D eigenvalue weighted by molar-refractivity contribution is 0.0599. The van der Waals surface area contributed by atoms with Gasteiger partial charge in [0.2, 0.25) is 0 Å². The summed E-state index contributed by atoms with van der Waals surface area (Å²) in [6.45, 7) is 1.99. The topological polar surface area (TPSA) is 70.7 Å². The Morgan fingerprint density at radius 1 is 0.971 bits per heavy atom. The smallest absolute Gasteiger partial charge is 0.427 e. The summed E-state index contributed by atoms with van der Waals surface area (Å²) in [6.07, 6.45) is 1.22. The summed E-state index contributed by atoms with van der Waals surface area (Å²) < 4.78 is 18.8. The first-order valence-corrected chi connectivity index (χ1v) is 11.6. The highest BCUT2D eigenvalue weighted by atomic mass is 35.5. The van der Waals surface area contributed by atoms with Crippen molar-refractivity contribution in [2.45, 2.75) is 18.9 Å². The van der Waals surface area contributed by atoms with Crippen molar-refractivity contribution in [2.75, 3.05) is 0 Å². The van der Waals surface area contributed by atoms with Crippen molar-refractivity contribution in [3.8, 4) is 22.8 Å². The lowest BCUT2D eigenvalue weighted by Crippen LogP contribution is -2.37. The maximum atomic E-state index is 13.8. The van der Waals surface area contributed by atoms with Gasteiger partial charge in [0.15, 0.2) is 0 Å². The van der Waals surface area contributed by atoms with E-state index < -0.39 is 23.3 Å². The van der Waals surface area contributed by atoms with Gasteiger partial charge in [0.25, 0.3) is 11.5 Å². The fourth-order valence-corrected chi connectivity index (χ4v) is 4.91. The Morgan fingerprint density at radius 2 is 1.74 bits per heavy atom. The number of hydrogen-bond acceptors (Lipinski definition) is 5. The highest BCUT2D eigenvalue weighted by Crippen LogP contribution is 2.51. The second kappa shape index (κ2) is 8.18.